The molecule has 1 N–H and O–H groups in total. The van der Waals surface area contributed by atoms with E-state index in [4.69, 9.17) is 4.74 Å². The second-order valence-corrected chi connectivity index (χ2v) is 5.61. The fourth-order valence-electron chi connectivity index (χ4n) is 2.88. The minimum atomic E-state index is -0.0261. The maximum absolute atomic E-state index is 12.7. The summed E-state index contributed by atoms with van der Waals surface area (Å²) in [6.45, 7) is 3.75. The average molecular weight is 292 g/mol. The Bertz CT molecular complexity index is 490. The van der Waals surface area contributed by atoms with Crippen molar-refractivity contribution in [2.24, 2.45) is 5.92 Å². The molecule has 1 heterocycles. The van der Waals surface area contributed by atoms with E-state index in [1.165, 1.54) is 0 Å². The molecule has 5 heteroatoms. The molecule has 0 aliphatic carbocycles. The van der Waals surface area contributed by atoms with E-state index in [9.17, 15) is 9.90 Å². The van der Waals surface area contributed by atoms with Gasteiger partial charge >= 0.3 is 0 Å². The number of carbonyl (C=O) groups excluding carboxylic acids is 1. The van der Waals surface area contributed by atoms with Crippen LogP contribution in [0.3, 0.4) is 0 Å². The Labute approximate surface area is 126 Å². The zero-order valence-electron chi connectivity index (χ0n) is 13.0. The summed E-state index contributed by atoms with van der Waals surface area (Å²) < 4.78 is 5.54. The molecule has 2 atom stereocenters. The van der Waals surface area contributed by atoms with Crippen LogP contribution in [0.15, 0.2) is 24.3 Å². The number of para-hydroxylation sites is 1. The predicted octanol–water partition coefficient (Wildman–Crippen LogP) is 1.08. The van der Waals surface area contributed by atoms with Gasteiger partial charge in [-0.3, -0.25) is 4.79 Å². The Morgan fingerprint density at radius 3 is 2.67 bits per heavy atom. The maximum atomic E-state index is 12.7. The van der Waals surface area contributed by atoms with Crippen LogP contribution in [0.1, 0.15) is 17.3 Å². The molecule has 0 saturated carbocycles. The van der Waals surface area contributed by atoms with Crippen LogP contribution in [-0.2, 0) is 0 Å². The molecule has 0 aromatic heterocycles. The lowest BCUT2D eigenvalue weighted by Gasteiger charge is -2.23. The topological polar surface area (TPSA) is 53.0 Å². The summed E-state index contributed by atoms with van der Waals surface area (Å²) in [7, 11) is 3.96. The third kappa shape index (κ3) is 3.36. The quantitative estimate of drug-likeness (QED) is 0.882. The molecule has 0 radical (unpaired) electrons. The van der Waals surface area contributed by atoms with E-state index >= 15 is 0 Å². The van der Waals surface area contributed by atoms with Gasteiger partial charge in [-0.15, -0.1) is 0 Å². The number of ether oxygens (including phenoxy) is 1. The summed E-state index contributed by atoms with van der Waals surface area (Å²) in [4.78, 5) is 16.6. The molecule has 1 fully saturated rings. The van der Waals surface area contributed by atoms with E-state index < -0.39 is 0 Å². The first-order valence-electron chi connectivity index (χ1n) is 7.36. The van der Waals surface area contributed by atoms with Crippen molar-refractivity contribution in [2.75, 3.05) is 40.4 Å². The van der Waals surface area contributed by atoms with Crippen molar-refractivity contribution in [3.8, 4) is 5.75 Å². The number of rotatable bonds is 5. The van der Waals surface area contributed by atoms with E-state index in [2.05, 4.69) is 4.90 Å². The molecule has 0 bridgehead atoms. The van der Waals surface area contributed by atoms with Gasteiger partial charge in [0.25, 0.3) is 5.91 Å². The van der Waals surface area contributed by atoms with Crippen molar-refractivity contribution in [1.29, 1.82) is 0 Å². The first kappa shape index (κ1) is 15.8. The van der Waals surface area contributed by atoms with Crippen molar-refractivity contribution in [1.82, 2.24) is 9.80 Å². The average Bonchev–Trinajstić information content (AvgIpc) is 2.92. The van der Waals surface area contributed by atoms with E-state index in [1.807, 2.05) is 44.1 Å². The number of amides is 1. The molecule has 1 aromatic carbocycles. The number of nitrogens with zero attached hydrogens (tertiary/aromatic N) is 2. The highest BCUT2D eigenvalue weighted by molar-refractivity contribution is 5.97. The summed E-state index contributed by atoms with van der Waals surface area (Å²) in [6, 6.07) is 7.52. The Kier molecular flexibility index (Phi) is 5.20. The van der Waals surface area contributed by atoms with Gasteiger partial charge in [0.15, 0.2) is 0 Å². The lowest BCUT2D eigenvalue weighted by Crippen LogP contribution is -2.37. The van der Waals surface area contributed by atoms with E-state index in [1.54, 1.807) is 6.07 Å². The highest BCUT2D eigenvalue weighted by atomic mass is 16.5. The lowest BCUT2D eigenvalue weighted by atomic mass is 10.0. The van der Waals surface area contributed by atoms with Crippen LogP contribution < -0.4 is 4.74 Å². The third-order valence-corrected chi connectivity index (χ3v) is 4.01. The Hall–Kier alpha value is -1.59. The first-order valence-corrected chi connectivity index (χ1v) is 7.36. The van der Waals surface area contributed by atoms with Gasteiger partial charge in [-0.05, 0) is 33.2 Å². The van der Waals surface area contributed by atoms with Crippen LogP contribution in [-0.4, -0.2) is 67.3 Å². The zero-order valence-corrected chi connectivity index (χ0v) is 13.0. The first-order chi connectivity index (χ1) is 10.1. The van der Waals surface area contributed by atoms with Gasteiger partial charge in [-0.25, -0.2) is 0 Å². The second kappa shape index (κ2) is 6.91. The molecule has 1 saturated heterocycles. The van der Waals surface area contributed by atoms with Gasteiger partial charge in [0.1, 0.15) is 5.75 Å². The minimum Gasteiger partial charge on any atom is -0.493 e. The van der Waals surface area contributed by atoms with Crippen LogP contribution in [0, 0.1) is 5.92 Å². The van der Waals surface area contributed by atoms with Gasteiger partial charge in [-0.2, -0.15) is 0 Å². The summed E-state index contributed by atoms with van der Waals surface area (Å²) >= 11 is 0. The summed E-state index contributed by atoms with van der Waals surface area (Å²) in [5.74, 6) is 0.698. The fourth-order valence-corrected chi connectivity index (χ4v) is 2.88. The van der Waals surface area contributed by atoms with E-state index in [0.29, 0.717) is 31.0 Å². The number of aliphatic hydroxyl groups is 1. The third-order valence-electron chi connectivity index (χ3n) is 4.01. The molecule has 0 spiro atoms. The van der Waals surface area contributed by atoms with Crippen molar-refractivity contribution in [3.05, 3.63) is 29.8 Å². The Morgan fingerprint density at radius 2 is 2.10 bits per heavy atom. The maximum Gasteiger partial charge on any atom is 0.257 e. The number of benzene rings is 1. The Morgan fingerprint density at radius 1 is 1.38 bits per heavy atom. The highest BCUT2D eigenvalue weighted by Gasteiger charge is 2.36. The van der Waals surface area contributed by atoms with Crippen LogP contribution in [0.2, 0.25) is 0 Å². The van der Waals surface area contributed by atoms with Gasteiger partial charge in [0.05, 0.1) is 12.2 Å². The van der Waals surface area contributed by atoms with Crippen molar-refractivity contribution in [3.63, 3.8) is 0 Å². The lowest BCUT2D eigenvalue weighted by molar-refractivity contribution is 0.0774. The predicted molar refractivity (Wildman–Crippen MR) is 81.6 cm³/mol. The van der Waals surface area contributed by atoms with Crippen molar-refractivity contribution >= 4 is 5.91 Å². The smallest absolute Gasteiger partial charge is 0.257 e. The summed E-state index contributed by atoms with van der Waals surface area (Å²) in [5, 5.41) is 9.50. The zero-order chi connectivity index (χ0) is 15.4. The minimum absolute atomic E-state index is 0.0261. The molecule has 5 nitrogen and oxygen atoms in total. The molecule has 21 heavy (non-hydrogen) atoms. The molecule has 2 rings (SSSR count). The number of hydrogen-bond acceptors (Lipinski definition) is 4. The second-order valence-electron chi connectivity index (χ2n) is 5.61. The number of aliphatic hydroxyl groups excluding tert-OH is 1. The number of likely N-dealkylation sites (tertiary alicyclic amines) is 1. The Balaban J connectivity index is 2.18. The van der Waals surface area contributed by atoms with Gasteiger partial charge in [0.2, 0.25) is 0 Å². The molecule has 1 amide bonds. The number of hydrogen-bond donors (Lipinski definition) is 1. The monoisotopic (exact) mass is 292 g/mol. The van der Waals surface area contributed by atoms with E-state index in [-0.39, 0.29) is 24.5 Å². The standard InChI is InChI=1S/C16H24N2O3/c1-4-21-15-8-6-5-7-13(15)16(20)18-9-12(11-19)14(10-18)17(2)3/h5-8,12,14,19H,4,9-11H2,1-3H3/t12-,14+/m0/s1. The van der Waals surface area contributed by atoms with Gasteiger partial charge in [-0.1, -0.05) is 12.1 Å². The van der Waals surface area contributed by atoms with Crippen molar-refractivity contribution < 1.29 is 14.6 Å². The summed E-state index contributed by atoms with van der Waals surface area (Å²) in [6.07, 6.45) is 0. The van der Waals surface area contributed by atoms with Crippen LogP contribution in [0.4, 0.5) is 0 Å². The molecule has 116 valence electrons. The number of likely N-dealkylation sites (N-methyl/N-ethyl adjacent to an activating group) is 1. The largest absolute Gasteiger partial charge is 0.493 e. The molecule has 1 aliphatic heterocycles. The molecular formula is C16H24N2O3. The highest BCUT2D eigenvalue weighted by Crippen LogP contribution is 2.25. The molecule has 1 aliphatic rings. The van der Waals surface area contributed by atoms with E-state index in [0.717, 1.165) is 0 Å². The van der Waals surface area contributed by atoms with Crippen LogP contribution in [0.25, 0.3) is 0 Å². The number of carbonyl (C=O) groups is 1. The summed E-state index contributed by atoms with van der Waals surface area (Å²) in [5.41, 5.74) is 0.593. The molecule has 0 unspecified atom stereocenters. The molecule has 1 aromatic rings. The van der Waals surface area contributed by atoms with Crippen LogP contribution >= 0.6 is 0 Å². The normalized spacial score (nSPS) is 21.9. The van der Waals surface area contributed by atoms with Crippen molar-refractivity contribution in [2.45, 2.75) is 13.0 Å². The fraction of sp³-hybridized carbons (Fsp3) is 0.562. The molecular weight excluding hydrogens is 268 g/mol. The van der Waals surface area contributed by atoms with Gasteiger partial charge < -0.3 is 19.6 Å². The van der Waals surface area contributed by atoms with Gasteiger partial charge in [0, 0.05) is 31.7 Å². The SMILES string of the molecule is CCOc1ccccc1C(=O)N1C[C@@H](CO)[C@H](N(C)C)C1. The van der Waals surface area contributed by atoms with Crippen LogP contribution in [0.5, 0.6) is 5.75 Å².